The van der Waals surface area contributed by atoms with Crippen molar-refractivity contribution in [2.75, 3.05) is 11.6 Å². The number of aryl methyl sites for hydroxylation is 1. The minimum absolute atomic E-state index is 0.769. The largest absolute Gasteiger partial charge is 0.231 e. The molecule has 0 bridgehead atoms. The summed E-state index contributed by atoms with van der Waals surface area (Å²) in [6, 6.07) is 1.91. The molecule has 0 atom stereocenters. The zero-order valence-corrected chi connectivity index (χ0v) is 9.94. The number of thioether (sulfide) groups is 1. The number of unbranched alkanes of at least 4 members (excludes halogenated alkanes) is 2. The van der Waals surface area contributed by atoms with Crippen molar-refractivity contribution in [3.63, 3.8) is 0 Å². The van der Waals surface area contributed by atoms with Crippen LogP contribution >= 0.6 is 23.4 Å². The zero-order chi connectivity index (χ0) is 10.2. The van der Waals surface area contributed by atoms with Crippen LogP contribution in [0.5, 0.6) is 0 Å². The topological polar surface area (TPSA) is 25.8 Å². The summed E-state index contributed by atoms with van der Waals surface area (Å²) in [5, 5.41) is 0.885. The average Bonchev–Trinajstić information content (AvgIpc) is 2.18. The van der Waals surface area contributed by atoms with Crippen LogP contribution in [0.3, 0.4) is 0 Å². The Bertz CT molecular complexity index is 268. The van der Waals surface area contributed by atoms with Gasteiger partial charge in [0.2, 0.25) is 0 Å². The van der Waals surface area contributed by atoms with Crippen LogP contribution in [0.1, 0.15) is 25.0 Å². The molecule has 0 saturated heterocycles. The molecule has 0 N–H and O–H groups in total. The van der Waals surface area contributed by atoms with Gasteiger partial charge in [0.25, 0.3) is 0 Å². The van der Waals surface area contributed by atoms with E-state index in [1.54, 1.807) is 11.8 Å². The predicted octanol–water partition coefficient (Wildman–Crippen LogP) is 3.29. The van der Waals surface area contributed by atoms with Gasteiger partial charge in [0.15, 0.2) is 5.16 Å². The number of alkyl halides is 1. The van der Waals surface area contributed by atoms with Crippen molar-refractivity contribution in [1.82, 2.24) is 9.97 Å². The number of hydrogen-bond acceptors (Lipinski definition) is 3. The Kier molecular flexibility index (Phi) is 5.96. The standard InChI is InChI=1S/C10H15ClN2S/c1-9-5-7-12-10(13-9)14-8-4-2-3-6-11/h5,7H,2-4,6,8H2,1H3. The molecule has 2 nitrogen and oxygen atoms in total. The molecule has 1 heterocycles. The summed E-state index contributed by atoms with van der Waals surface area (Å²) in [5.41, 5.74) is 1.03. The van der Waals surface area contributed by atoms with E-state index in [-0.39, 0.29) is 0 Å². The second-order valence-electron chi connectivity index (χ2n) is 3.08. The van der Waals surface area contributed by atoms with E-state index in [2.05, 4.69) is 9.97 Å². The van der Waals surface area contributed by atoms with Gasteiger partial charge >= 0.3 is 0 Å². The quantitative estimate of drug-likeness (QED) is 0.325. The molecule has 14 heavy (non-hydrogen) atoms. The van der Waals surface area contributed by atoms with Crippen LogP contribution in [0, 0.1) is 6.92 Å². The third kappa shape index (κ3) is 4.82. The highest BCUT2D eigenvalue weighted by molar-refractivity contribution is 7.99. The monoisotopic (exact) mass is 230 g/mol. The number of hydrogen-bond donors (Lipinski definition) is 0. The van der Waals surface area contributed by atoms with Gasteiger partial charge in [-0.2, -0.15) is 0 Å². The van der Waals surface area contributed by atoms with Crippen LogP contribution in [-0.2, 0) is 0 Å². The van der Waals surface area contributed by atoms with Gasteiger partial charge in [-0.1, -0.05) is 18.2 Å². The van der Waals surface area contributed by atoms with E-state index in [9.17, 15) is 0 Å². The van der Waals surface area contributed by atoms with Gasteiger partial charge in [-0.15, -0.1) is 11.6 Å². The lowest BCUT2D eigenvalue weighted by molar-refractivity contribution is 0.781. The van der Waals surface area contributed by atoms with E-state index in [0.29, 0.717) is 0 Å². The lowest BCUT2D eigenvalue weighted by Gasteiger charge is -2.00. The summed E-state index contributed by atoms with van der Waals surface area (Å²) in [5.74, 6) is 1.85. The molecule has 0 amide bonds. The summed E-state index contributed by atoms with van der Waals surface area (Å²) in [6.07, 6.45) is 5.30. The van der Waals surface area contributed by atoms with Crippen LogP contribution in [0.25, 0.3) is 0 Å². The average molecular weight is 231 g/mol. The zero-order valence-electron chi connectivity index (χ0n) is 8.37. The summed E-state index contributed by atoms with van der Waals surface area (Å²) >= 11 is 7.31. The van der Waals surface area contributed by atoms with Crippen molar-refractivity contribution in [3.05, 3.63) is 18.0 Å². The van der Waals surface area contributed by atoms with Crippen molar-refractivity contribution >= 4 is 23.4 Å². The summed E-state index contributed by atoms with van der Waals surface area (Å²) in [7, 11) is 0. The molecule has 0 saturated carbocycles. The second kappa shape index (κ2) is 7.07. The molecule has 1 rings (SSSR count). The van der Waals surface area contributed by atoms with Crippen molar-refractivity contribution < 1.29 is 0 Å². The van der Waals surface area contributed by atoms with Crippen molar-refractivity contribution in [2.24, 2.45) is 0 Å². The molecular weight excluding hydrogens is 216 g/mol. The highest BCUT2D eigenvalue weighted by Crippen LogP contribution is 2.14. The molecule has 0 fully saturated rings. The summed E-state index contributed by atoms with van der Waals surface area (Å²) in [6.45, 7) is 1.99. The predicted molar refractivity (Wildman–Crippen MR) is 62.1 cm³/mol. The molecule has 0 aromatic carbocycles. The maximum atomic E-state index is 5.59. The third-order valence-electron chi connectivity index (χ3n) is 1.78. The van der Waals surface area contributed by atoms with Gasteiger partial charge in [0.1, 0.15) is 0 Å². The molecule has 0 aliphatic carbocycles. The Morgan fingerprint density at radius 1 is 1.36 bits per heavy atom. The number of rotatable bonds is 6. The molecule has 0 aliphatic rings. The first-order valence-electron chi connectivity index (χ1n) is 4.81. The lowest BCUT2D eigenvalue weighted by Crippen LogP contribution is -1.90. The van der Waals surface area contributed by atoms with E-state index in [1.807, 2.05) is 19.2 Å². The highest BCUT2D eigenvalue weighted by Gasteiger charge is 1.97. The van der Waals surface area contributed by atoms with E-state index in [1.165, 1.54) is 12.8 Å². The van der Waals surface area contributed by atoms with Gasteiger partial charge in [-0.25, -0.2) is 9.97 Å². The van der Waals surface area contributed by atoms with Crippen LogP contribution in [0.2, 0.25) is 0 Å². The maximum absolute atomic E-state index is 5.59. The molecule has 0 spiro atoms. The molecule has 0 radical (unpaired) electrons. The Balaban J connectivity index is 2.18. The fraction of sp³-hybridized carbons (Fsp3) is 0.600. The summed E-state index contributed by atoms with van der Waals surface area (Å²) < 4.78 is 0. The Labute approximate surface area is 94.5 Å². The van der Waals surface area contributed by atoms with E-state index in [4.69, 9.17) is 11.6 Å². The number of halogens is 1. The first-order valence-corrected chi connectivity index (χ1v) is 6.33. The van der Waals surface area contributed by atoms with E-state index in [0.717, 1.165) is 28.9 Å². The van der Waals surface area contributed by atoms with Crippen molar-refractivity contribution in [1.29, 1.82) is 0 Å². The normalized spacial score (nSPS) is 10.4. The Morgan fingerprint density at radius 3 is 2.93 bits per heavy atom. The van der Waals surface area contributed by atoms with E-state index >= 15 is 0 Å². The first-order chi connectivity index (χ1) is 6.83. The summed E-state index contributed by atoms with van der Waals surface area (Å²) in [4.78, 5) is 8.50. The fourth-order valence-electron chi connectivity index (χ4n) is 1.03. The molecule has 0 unspecified atom stereocenters. The van der Waals surface area contributed by atoms with Crippen molar-refractivity contribution in [3.8, 4) is 0 Å². The molecular formula is C10H15ClN2S. The van der Waals surface area contributed by atoms with Gasteiger partial charge in [-0.05, 0) is 25.8 Å². The maximum Gasteiger partial charge on any atom is 0.187 e. The molecule has 1 aromatic heterocycles. The van der Waals surface area contributed by atoms with E-state index < -0.39 is 0 Å². The Hall–Kier alpha value is -0.280. The minimum atomic E-state index is 0.769. The lowest BCUT2D eigenvalue weighted by atomic mass is 10.3. The van der Waals surface area contributed by atoms with Crippen LogP contribution in [-0.4, -0.2) is 21.6 Å². The van der Waals surface area contributed by atoms with Gasteiger partial charge in [0, 0.05) is 23.5 Å². The number of nitrogens with zero attached hydrogens (tertiary/aromatic N) is 2. The molecule has 1 aromatic rings. The minimum Gasteiger partial charge on any atom is -0.231 e. The van der Waals surface area contributed by atoms with Crippen LogP contribution < -0.4 is 0 Å². The highest BCUT2D eigenvalue weighted by atomic mass is 35.5. The van der Waals surface area contributed by atoms with Gasteiger partial charge < -0.3 is 0 Å². The fourth-order valence-corrected chi connectivity index (χ4v) is 2.10. The van der Waals surface area contributed by atoms with Crippen LogP contribution in [0.15, 0.2) is 17.4 Å². The van der Waals surface area contributed by atoms with Crippen LogP contribution in [0.4, 0.5) is 0 Å². The van der Waals surface area contributed by atoms with Crippen molar-refractivity contribution in [2.45, 2.75) is 31.3 Å². The Morgan fingerprint density at radius 2 is 2.21 bits per heavy atom. The molecule has 4 heteroatoms. The third-order valence-corrected chi connectivity index (χ3v) is 3.00. The van der Waals surface area contributed by atoms with Gasteiger partial charge in [0.05, 0.1) is 0 Å². The molecule has 0 aliphatic heterocycles. The molecule has 78 valence electrons. The van der Waals surface area contributed by atoms with Gasteiger partial charge in [-0.3, -0.25) is 0 Å². The number of aromatic nitrogens is 2. The smallest absolute Gasteiger partial charge is 0.187 e. The first kappa shape index (κ1) is 11.8. The second-order valence-corrected chi connectivity index (χ2v) is 4.52. The SMILES string of the molecule is Cc1ccnc(SCCCCCCl)n1.